The first-order valence-electron chi connectivity index (χ1n) is 4.60. The fourth-order valence-electron chi connectivity index (χ4n) is 1.14. The highest BCUT2D eigenvalue weighted by atomic mass is 16.4. The average Bonchev–Trinajstić information content (AvgIpc) is 2.10. The van der Waals surface area contributed by atoms with Crippen LogP contribution >= 0.6 is 0 Å². The molecule has 1 atom stereocenters. The number of rotatable bonds is 6. The zero-order valence-corrected chi connectivity index (χ0v) is 8.62. The Bertz CT molecular complexity index is 223. The summed E-state index contributed by atoms with van der Waals surface area (Å²) >= 11 is 0. The molecule has 14 heavy (non-hydrogen) atoms. The lowest BCUT2D eigenvalue weighted by molar-refractivity contribution is -0.142. The zero-order chi connectivity index (χ0) is 11.1. The van der Waals surface area contributed by atoms with Gasteiger partial charge in [0.1, 0.15) is 0 Å². The zero-order valence-electron chi connectivity index (χ0n) is 8.62. The van der Waals surface area contributed by atoms with E-state index in [0.717, 1.165) is 6.08 Å². The lowest BCUT2D eigenvalue weighted by Crippen LogP contribution is -2.32. The molecule has 0 aliphatic rings. The molecule has 0 aromatic rings. The van der Waals surface area contributed by atoms with Gasteiger partial charge in [0.15, 0.2) is 0 Å². The molecule has 1 unspecified atom stereocenters. The minimum atomic E-state index is -0.872. The van der Waals surface area contributed by atoms with Crippen molar-refractivity contribution in [2.75, 3.05) is 6.54 Å². The highest BCUT2D eigenvalue weighted by molar-refractivity contribution is 5.87. The Balaban J connectivity index is 4.03. The van der Waals surface area contributed by atoms with Crippen LogP contribution in [0.5, 0.6) is 0 Å². The van der Waals surface area contributed by atoms with Gasteiger partial charge in [0.2, 0.25) is 5.91 Å². The van der Waals surface area contributed by atoms with Crippen LogP contribution in [0.2, 0.25) is 0 Å². The Morgan fingerprint density at radius 1 is 1.50 bits per heavy atom. The number of aliphatic carboxylic acids is 1. The summed E-state index contributed by atoms with van der Waals surface area (Å²) in [4.78, 5) is 21.6. The average molecular weight is 199 g/mol. The summed E-state index contributed by atoms with van der Waals surface area (Å²) < 4.78 is 0. The molecule has 0 heterocycles. The molecule has 0 rings (SSSR count). The van der Waals surface area contributed by atoms with E-state index < -0.39 is 11.9 Å². The number of hydrogen-bond donors (Lipinski definition) is 2. The summed E-state index contributed by atoms with van der Waals surface area (Å²) in [5.41, 5.74) is 0. The quantitative estimate of drug-likeness (QED) is 0.628. The van der Waals surface area contributed by atoms with Gasteiger partial charge in [-0.25, -0.2) is 0 Å². The molecule has 0 aromatic carbocycles. The van der Waals surface area contributed by atoms with Gasteiger partial charge in [0.25, 0.3) is 0 Å². The maximum Gasteiger partial charge on any atom is 0.308 e. The molecule has 4 nitrogen and oxygen atoms in total. The smallest absolute Gasteiger partial charge is 0.308 e. The van der Waals surface area contributed by atoms with Crippen LogP contribution in [0, 0.1) is 11.8 Å². The Morgan fingerprint density at radius 2 is 2.07 bits per heavy atom. The van der Waals surface area contributed by atoms with Gasteiger partial charge in [-0.1, -0.05) is 20.4 Å². The Hall–Kier alpha value is -1.32. The summed E-state index contributed by atoms with van der Waals surface area (Å²) in [5.74, 6) is -1.42. The highest BCUT2D eigenvalue weighted by Gasteiger charge is 2.18. The Labute approximate surface area is 84.0 Å². The number of amides is 1. The molecule has 80 valence electrons. The molecule has 4 heteroatoms. The largest absolute Gasteiger partial charge is 0.481 e. The van der Waals surface area contributed by atoms with Crippen LogP contribution in [0.25, 0.3) is 0 Å². The lowest BCUT2D eigenvalue weighted by atomic mass is 9.97. The molecule has 0 saturated carbocycles. The van der Waals surface area contributed by atoms with Crippen molar-refractivity contribution in [3.8, 4) is 0 Å². The molecule has 0 saturated heterocycles. The van der Waals surface area contributed by atoms with Crippen LogP contribution in [0.1, 0.15) is 20.3 Å². The minimum absolute atomic E-state index is 0.165. The normalized spacial score (nSPS) is 12.2. The van der Waals surface area contributed by atoms with Crippen LogP contribution in [-0.2, 0) is 9.59 Å². The van der Waals surface area contributed by atoms with E-state index in [9.17, 15) is 9.59 Å². The first-order valence-corrected chi connectivity index (χ1v) is 4.60. The van der Waals surface area contributed by atoms with Crippen molar-refractivity contribution in [2.45, 2.75) is 20.3 Å². The number of carboxylic acid groups (broad SMARTS) is 1. The summed E-state index contributed by atoms with van der Waals surface area (Å²) in [7, 11) is 0. The number of hydrogen-bond acceptors (Lipinski definition) is 2. The second-order valence-electron chi connectivity index (χ2n) is 3.61. The lowest BCUT2D eigenvalue weighted by Gasteiger charge is -2.14. The third-order valence-corrected chi connectivity index (χ3v) is 1.81. The fraction of sp³-hybridized carbons (Fsp3) is 0.600. The minimum Gasteiger partial charge on any atom is -0.481 e. The highest BCUT2D eigenvalue weighted by Crippen LogP contribution is 2.10. The molecule has 0 bridgehead atoms. The molecule has 0 aliphatic heterocycles. The SMILES string of the molecule is C=CC(=O)NCC(CC(C)C)C(=O)O. The molecule has 2 N–H and O–H groups in total. The number of carboxylic acids is 1. The number of carbonyl (C=O) groups is 2. The van der Waals surface area contributed by atoms with E-state index in [-0.39, 0.29) is 12.5 Å². The van der Waals surface area contributed by atoms with Gasteiger partial charge in [-0.3, -0.25) is 9.59 Å². The molecule has 0 radical (unpaired) electrons. The van der Waals surface area contributed by atoms with E-state index in [1.165, 1.54) is 0 Å². The predicted octanol–water partition coefficient (Wildman–Crippen LogP) is 1.04. The van der Waals surface area contributed by atoms with Crippen molar-refractivity contribution in [1.82, 2.24) is 5.32 Å². The maximum absolute atomic E-state index is 10.8. The molecule has 0 aromatic heterocycles. The molecule has 0 aliphatic carbocycles. The van der Waals surface area contributed by atoms with E-state index in [1.54, 1.807) is 0 Å². The Kier molecular flexibility index (Phi) is 5.60. The summed E-state index contributed by atoms with van der Waals surface area (Å²) in [5, 5.41) is 11.3. The number of nitrogens with one attached hydrogen (secondary N) is 1. The number of carbonyl (C=O) groups excluding carboxylic acids is 1. The molecular formula is C10H17NO3. The van der Waals surface area contributed by atoms with Crippen molar-refractivity contribution in [1.29, 1.82) is 0 Å². The summed E-state index contributed by atoms with van der Waals surface area (Å²) in [6.45, 7) is 7.35. The second kappa shape index (κ2) is 6.18. The van der Waals surface area contributed by atoms with Gasteiger partial charge >= 0.3 is 5.97 Å². The van der Waals surface area contributed by atoms with Gasteiger partial charge in [0, 0.05) is 6.54 Å². The van der Waals surface area contributed by atoms with E-state index in [0.29, 0.717) is 12.3 Å². The molecule has 0 fully saturated rings. The van der Waals surface area contributed by atoms with Crippen LogP contribution in [0.4, 0.5) is 0 Å². The van der Waals surface area contributed by atoms with Crippen molar-refractivity contribution in [2.24, 2.45) is 11.8 Å². The first kappa shape index (κ1) is 12.7. The van der Waals surface area contributed by atoms with E-state index in [1.807, 2.05) is 13.8 Å². The molecule has 1 amide bonds. The van der Waals surface area contributed by atoms with Crippen molar-refractivity contribution < 1.29 is 14.7 Å². The summed E-state index contributed by atoms with van der Waals surface area (Å²) in [6, 6.07) is 0. The van der Waals surface area contributed by atoms with Gasteiger partial charge in [-0.05, 0) is 18.4 Å². The Morgan fingerprint density at radius 3 is 2.43 bits per heavy atom. The molecule has 0 spiro atoms. The topological polar surface area (TPSA) is 66.4 Å². The first-order chi connectivity index (χ1) is 6.47. The van der Waals surface area contributed by atoms with Crippen LogP contribution in [0.15, 0.2) is 12.7 Å². The molecular weight excluding hydrogens is 182 g/mol. The van der Waals surface area contributed by atoms with Gasteiger partial charge in [-0.15, -0.1) is 0 Å². The van der Waals surface area contributed by atoms with Crippen LogP contribution in [0.3, 0.4) is 0 Å². The fourth-order valence-corrected chi connectivity index (χ4v) is 1.14. The summed E-state index contributed by atoms with van der Waals surface area (Å²) in [6.07, 6.45) is 1.70. The van der Waals surface area contributed by atoms with Crippen molar-refractivity contribution >= 4 is 11.9 Å². The maximum atomic E-state index is 10.8. The van der Waals surface area contributed by atoms with Gasteiger partial charge < -0.3 is 10.4 Å². The van der Waals surface area contributed by atoms with Gasteiger partial charge in [-0.2, -0.15) is 0 Å². The predicted molar refractivity (Wildman–Crippen MR) is 53.8 cm³/mol. The van der Waals surface area contributed by atoms with Crippen LogP contribution < -0.4 is 5.32 Å². The van der Waals surface area contributed by atoms with Gasteiger partial charge in [0.05, 0.1) is 5.92 Å². The van der Waals surface area contributed by atoms with Crippen molar-refractivity contribution in [3.63, 3.8) is 0 Å². The van der Waals surface area contributed by atoms with Crippen molar-refractivity contribution in [3.05, 3.63) is 12.7 Å². The monoisotopic (exact) mass is 199 g/mol. The standard InChI is InChI=1S/C10H17NO3/c1-4-9(12)11-6-8(10(13)14)5-7(2)3/h4,7-8H,1,5-6H2,2-3H3,(H,11,12)(H,13,14). The van der Waals surface area contributed by atoms with E-state index in [4.69, 9.17) is 5.11 Å². The third-order valence-electron chi connectivity index (χ3n) is 1.81. The van der Waals surface area contributed by atoms with E-state index in [2.05, 4.69) is 11.9 Å². The second-order valence-corrected chi connectivity index (χ2v) is 3.61. The third kappa shape index (κ3) is 5.35. The van der Waals surface area contributed by atoms with Crippen LogP contribution in [-0.4, -0.2) is 23.5 Å². The van der Waals surface area contributed by atoms with E-state index >= 15 is 0 Å².